The third kappa shape index (κ3) is 1.87. The van der Waals surface area contributed by atoms with Crippen molar-refractivity contribution < 1.29 is 0 Å². The zero-order valence-electron chi connectivity index (χ0n) is 10.4. The Labute approximate surface area is 102 Å². The minimum absolute atomic E-state index is 0.720. The molecule has 0 amide bonds. The number of benzene rings is 1. The van der Waals surface area contributed by atoms with Crippen LogP contribution in [0.25, 0.3) is 10.9 Å². The fraction of sp³-hybridized carbons (Fsp3) is 0.467. The number of rotatable bonds is 2. The van der Waals surface area contributed by atoms with E-state index < -0.39 is 0 Å². The standard InChI is InChI=1S/C15H20N2/c1-2-11-9-16-8-7-12(11)14-10-17-15-6-4-3-5-13(14)15/h3-6,10-12,16-17H,2,7-9H2,1H3. The Kier molecular flexibility index (Phi) is 2.89. The molecule has 2 N–H and O–H groups in total. The molecule has 0 radical (unpaired) electrons. The molecule has 90 valence electrons. The number of hydrogen-bond donors (Lipinski definition) is 2. The van der Waals surface area contributed by atoms with Gasteiger partial charge in [-0.05, 0) is 43.0 Å². The molecule has 2 unspecified atom stereocenters. The lowest BCUT2D eigenvalue weighted by atomic mass is 9.80. The molecule has 1 aromatic carbocycles. The maximum Gasteiger partial charge on any atom is 0.0456 e. The van der Waals surface area contributed by atoms with E-state index in [1.807, 2.05) is 0 Å². The molecule has 1 saturated heterocycles. The van der Waals surface area contributed by atoms with Gasteiger partial charge in [-0.1, -0.05) is 31.5 Å². The van der Waals surface area contributed by atoms with E-state index in [-0.39, 0.29) is 0 Å². The molecule has 1 aromatic heterocycles. The lowest BCUT2D eigenvalue weighted by Gasteiger charge is -2.31. The van der Waals surface area contributed by atoms with E-state index in [9.17, 15) is 0 Å². The zero-order chi connectivity index (χ0) is 11.7. The third-order valence-corrected chi connectivity index (χ3v) is 4.15. The van der Waals surface area contributed by atoms with E-state index in [1.54, 1.807) is 0 Å². The van der Waals surface area contributed by atoms with Crippen LogP contribution in [-0.2, 0) is 0 Å². The molecule has 2 nitrogen and oxygen atoms in total. The quantitative estimate of drug-likeness (QED) is 0.811. The summed E-state index contributed by atoms with van der Waals surface area (Å²) < 4.78 is 0. The van der Waals surface area contributed by atoms with Crippen LogP contribution in [0.3, 0.4) is 0 Å². The Morgan fingerprint density at radius 1 is 1.29 bits per heavy atom. The van der Waals surface area contributed by atoms with Crippen molar-refractivity contribution in [2.24, 2.45) is 5.92 Å². The van der Waals surface area contributed by atoms with Gasteiger partial charge in [0.2, 0.25) is 0 Å². The Morgan fingerprint density at radius 2 is 2.18 bits per heavy atom. The predicted octanol–water partition coefficient (Wildman–Crippen LogP) is 3.27. The molecule has 0 spiro atoms. The van der Waals surface area contributed by atoms with Gasteiger partial charge in [0, 0.05) is 17.1 Å². The molecule has 1 aliphatic heterocycles. The van der Waals surface area contributed by atoms with Crippen LogP contribution in [0, 0.1) is 5.92 Å². The second-order valence-corrected chi connectivity index (χ2v) is 5.06. The van der Waals surface area contributed by atoms with Crippen LogP contribution in [0.5, 0.6) is 0 Å². The maximum atomic E-state index is 3.52. The minimum Gasteiger partial charge on any atom is -0.361 e. The van der Waals surface area contributed by atoms with E-state index in [1.165, 1.54) is 35.9 Å². The number of piperidine rings is 1. The monoisotopic (exact) mass is 228 g/mol. The summed E-state index contributed by atoms with van der Waals surface area (Å²) in [5.74, 6) is 1.50. The zero-order valence-corrected chi connectivity index (χ0v) is 10.4. The molecule has 17 heavy (non-hydrogen) atoms. The molecule has 3 rings (SSSR count). The molecule has 0 saturated carbocycles. The maximum absolute atomic E-state index is 3.52. The van der Waals surface area contributed by atoms with Gasteiger partial charge in [0.25, 0.3) is 0 Å². The summed E-state index contributed by atoms with van der Waals surface area (Å²) in [6, 6.07) is 8.65. The SMILES string of the molecule is CCC1CNCCC1c1c[nH]c2ccccc12. The predicted molar refractivity (Wildman–Crippen MR) is 72.3 cm³/mol. The third-order valence-electron chi connectivity index (χ3n) is 4.15. The molecule has 2 heterocycles. The minimum atomic E-state index is 0.720. The summed E-state index contributed by atoms with van der Waals surface area (Å²) in [6.45, 7) is 4.63. The van der Waals surface area contributed by atoms with E-state index in [4.69, 9.17) is 0 Å². The van der Waals surface area contributed by atoms with Crippen LogP contribution < -0.4 is 5.32 Å². The average molecular weight is 228 g/mol. The summed E-state index contributed by atoms with van der Waals surface area (Å²) in [7, 11) is 0. The average Bonchev–Trinajstić information content (AvgIpc) is 2.82. The highest BCUT2D eigenvalue weighted by molar-refractivity contribution is 5.83. The van der Waals surface area contributed by atoms with Crippen molar-refractivity contribution in [2.75, 3.05) is 13.1 Å². The number of fused-ring (bicyclic) bond motifs is 1. The summed E-state index contributed by atoms with van der Waals surface area (Å²) in [5.41, 5.74) is 2.80. The van der Waals surface area contributed by atoms with Crippen LogP contribution in [0.1, 0.15) is 31.2 Å². The van der Waals surface area contributed by atoms with Crippen molar-refractivity contribution in [1.29, 1.82) is 0 Å². The van der Waals surface area contributed by atoms with Gasteiger partial charge in [0.05, 0.1) is 0 Å². The summed E-state index contributed by atoms with van der Waals surface area (Å²) in [5, 5.41) is 4.93. The number of para-hydroxylation sites is 1. The summed E-state index contributed by atoms with van der Waals surface area (Å²) >= 11 is 0. The Morgan fingerprint density at radius 3 is 3.06 bits per heavy atom. The van der Waals surface area contributed by atoms with Gasteiger partial charge in [-0.3, -0.25) is 0 Å². The Hall–Kier alpha value is -1.28. The number of H-pyrrole nitrogens is 1. The molecule has 2 heteroatoms. The molecule has 1 aliphatic rings. The lowest BCUT2D eigenvalue weighted by molar-refractivity contribution is 0.319. The fourth-order valence-corrected chi connectivity index (χ4v) is 3.16. The number of aromatic amines is 1. The van der Waals surface area contributed by atoms with Crippen LogP contribution in [-0.4, -0.2) is 18.1 Å². The molecular weight excluding hydrogens is 208 g/mol. The first-order valence-corrected chi connectivity index (χ1v) is 6.67. The van der Waals surface area contributed by atoms with E-state index in [0.29, 0.717) is 0 Å². The van der Waals surface area contributed by atoms with Gasteiger partial charge in [-0.15, -0.1) is 0 Å². The molecule has 0 aliphatic carbocycles. The second-order valence-electron chi connectivity index (χ2n) is 5.06. The highest BCUT2D eigenvalue weighted by Crippen LogP contribution is 2.36. The van der Waals surface area contributed by atoms with Crippen molar-refractivity contribution in [3.05, 3.63) is 36.0 Å². The van der Waals surface area contributed by atoms with Gasteiger partial charge >= 0.3 is 0 Å². The van der Waals surface area contributed by atoms with Crippen LogP contribution in [0.4, 0.5) is 0 Å². The number of hydrogen-bond acceptors (Lipinski definition) is 1. The van der Waals surface area contributed by atoms with Crippen molar-refractivity contribution in [1.82, 2.24) is 10.3 Å². The van der Waals surface area contributed by atoms with Crippen molar-refractivity contribution >= 4 is 10.9 Å². The smallest absolute Gasteiger partial charge is 0.0456 e. The van der Waals surface area contributed by atoms with Crippen molar-refractivity contribution in [2.45, 2.75) is 25.7 Å². The van der Waals surface area contributed by atoms with Crippen molar-refractivity contribution in [3.8, 4) is 0 Å². The topological polar surface area (TPSA) is 27.8 Å². The van der Waals surface area contributed by atoms with Gasteiger partial charge in [0.1, 0.15) is 0 Å². The first kappa shape index (κ1) is 10.8. The van der Waals surface area contributed by atoms with Gasteiger partial charge < -0.3 is 10.3 Å². The van der Waals surface area contributed by atoms with Gasteiger partial charge in [-0.2, -0.15) is 0 Å². The molecule has 2 atom stereocenters. The Bertz CT molecular complexity index is 500. The van der Waals surface area contributed by atoms with E-state index in [2.05, 4.69) is 47.7 Å². The lowest BCUT2D eigenvalue weighted by Crippen LogP contribution is -2.34. The molecule has 0 bridgehead atoms. The van der Waals surface area contributed by atoms with Crippen LogP contribution in [0.15, 0.2) is 30.5 Å². The van der Waals surface area contributed by atoms with Crippen LogP contribution in [0.2, 0.25) is 0 Å². The number of aromatic nitrogens is 1. The molecule has 2 aromatic rings. The van der Waals surface area contributed by atoms with Gasteiger partial charge in [0.15, 0.2) is 0 Å². The summed E-state index contributed by atoms with van der Waals surface area (Å²) in [6.07, 6.45) is 4.75. The molecular formula is C15H20N2. The Balaban J connectivity index is 2.01. The second kappa shape index (κ2) is 4.53. The van der Waals surface area contributed by atoms with E-state index in [0.717, 1.165) is 18.4 Å². The molecule has 1 fully saturated rings. The number of nitrogens with one attached hydrogen (secondary N) is 2. The highest BCUT2D eigenvalue weighted by Gasteiger charge is 2.26. The van der Waals surface area contributed by atoms with Crippen LogP contribution >= 0.6 is 0 Å². The largest absolute Gasteiger partial charge is 0.361 e. The van der Waals surface area contributed by atoms with E-state index >= 15 is 0 Å². The van der Waals surface area contributed by atoms with Crippen molar-refractivity contribution in [3.63, 3.8) is 0 Å². The normalized spacial score (nSPS) is 25.2. The highest BCUT2D eigenvalue weighted by atomic mass is 14.9. The van der Waals surface area contributed by atoms with Gasteiger partial charge in [-0.25, -0.2) is 0 Å². The first-order chi connectivity index (χ1) is 8.40. The summed E-state index contributed by atoms with van der Waals surface area (Å²) in [4.78, 5) is 3.41. The fourth-order valence-electron chi connectivity index (χ4n) is 3.16. The first-order valence-electron chi connectivity index (χ1n) is 6.67.